The molecule has 0 bridgehead atoms. The van der Waals surface area contributed by atoms with Crippen molar-refractivity contribution in [3.05, 3.63) is 53.8 Å². The van der Waals surface area contributed by atoms with Crippen LogP contribution in [0.15, 0.2) is 42.6 Å². The number of nitrogens with one attached hydrogen (secondary N) is 2. The van der Waals surface area contributed by atoms with Crippen LogP contribution in [0.5, 0.6) is 0 Å². The molecule has 1 amide bonds. The molecule has 2 aliphatic rings. The van der Waals surface area contributed by atoms with E-state index < -0.39 is 12.1 Å². The monoisotopic (exact) mass is 564 g/mol. The number of allylic oxidation sites excluding steroid dienone is 1. The van der Waals surface area contributed by atoms with E-state index in [0.717, 1.165) is 38.6 Å². The molecule has 0 saturated carbocycles. The maximum Gasteiger partial charge on any atom is 0.220 e. The molecule has 0 fully saturated rings. The number of aliphatic hydroxyl groups is 2. The molecule has 0 saturated heterocycles. The van der Waals surface area contributed by atoms with Crippen molar-refractivity contribution < 1.29 is 15.0 Å². The van der Waals surface area contributed by atoms with Crippen LogP contribution in [0.25, 0.3) is 16.5 Å². The standard InChI is InChI=1S/C34H52N4O3/c1-38-23-25(19-28-27-15-14-16-30-34(27)26(22-36-30)20-31(28)38)21-37-33(41)18-13-11-9-7-5-3-2-4-6-8-10-12-17-32(40)29(35)24-39/h12,14-17,19,22,25,29,31-32,36,39-40H,2-11,13,18,20-21,23-24,35H2,1H3,(H,37,41)/t25-,29?,31+,32?/m0/s1. The average Bonchev–Trinajstić information content (AvgIpc) is 3.40. The Labute approximate surface area is 246 Å². The van der Waals surface area contributed by atoms with Gasteiger partial charge in [0, 0.05) is 48.6 Å². The minimum absolute atomic E-state index is 0.187. The van der Waals surface area contributed by atoms with Crippen LogP contribution in [0.2, 0.25) is 0 Å². The van der Waals surface area contributed by atoms with Crippen molar-refractivity contribution in [2.24, 2.45) is 11.7 Å². The van der Waals surface area contributed by atoms with Gasteiger partial charge in [0.2, 0.25) is 5.91 Å². The van der Waals surface area contributed by atoms with E-state index in [1.54, 1.807) is 6.08 Å². The molecule has 1 aliphatic carbocycles. The second-order valence-electron chi connectivity index (χ2n) is 12.2. The minimum Gasteiger partial charge on any atom is -0.395 e. The number of nitrogens with two attached hydrogens (primary N) is 1. The molecule has 2 aromatic rings. The van der Waals surface area contributed by atoms with E-state index in [0.29, 0.717) is 24.9 Å². The summed E-state index contributed by atoms with van der Waals surface area (Å²) in [6, 6.07) is 6.38. The lowest BCUT2D eigenvalue weighted by Gasteiger charge is -2.40. The molecule has 6 N–H and O–H groups in total. The SMILES string of the molecule is CN1C[C@H](CNC(=O)CCCCCCCCCCCCC=CC(O)C(N)CO)C=C2c3cccc4[nH]cc(c34)C[C@H]21. The quantitative estimate of drug-likeness (QED) is 0.128. The molecule has 226 valence electrons. The van der Waals surface area contributed by atoms with Crippen molar-refractivity contribution in [2.45, 2.75) is 102 Å². The minimum atomic E-state index is -0.758. The zero-order valence-corrected chi connectivity index (χ0v) is 25.0. The largest absolute Gasteiger partial charge is 0.395 e. The molecule has 7 nitrogen and oxygen atoms in total. The number of carbonyl (C=O) groups excluding carboxylic acids is 1. The zero-order valence-electron chi connectivity index (χ0n) is 25.0. The summed E-state index contributed by atoms with van der Waals surface area (Å²) in [5.41, 5.74) is 11.0. The van der Waals surface area contributed by atoms with Crippen molar-refractivity contribution in [1.82, 2.24) is 15.2 Å². The van der Waals surface area contributed by atoms with Crippen LogP contribution in [0.3, 0.4) is 0 Å². The lowest BCUT2D eigenvalue weighted by Crippen LogP contribution is -2.45. The Morgan fingerprint density at radius 2 is 1.83 bits per heavy atom. The lowest BCUT2D eigenvalue weighted by molar-refractivity contribution is -0.121. The van der Waals surface area contributed by atoms with Crippen molar-refractivity contribution in [3.63, 3.8) is 0 Å². The van der Waals surface area contributed by atoms with E-state index in [2.05, 4.69) is 52.7 Å². The summed E-state index contributed by atoms with van der Waals surface area (Å²) >= 11 is 0. The number of aromatic nitrogens is 1. The molecule has 41 heavy (non-hydrogen) atoms. The number of benzene rings is 1. The number of aromatic amines is 1. The fraction of sp³-hybridized carbons (Fsp3) is 0.618. The maximum absolute atomic E-state index is 12.5. The molecule has 1 aliphatic heterocycles. The van der Waals surface area contributed by atoms with Crippen LogP contribution in [0.1, 0.15) is 88.2 Å². The fourth-order valence-electron chi connectivity index (χ4n) is 6.46. The number of fused-ring (bicyclic) bond motifs is 2. The van der Waals surface area contributed by atoms with E-state index in [4.69, 9.17) is 10.8 Å². The van der Waals surface area contributed by atoms with Gasteiger partial charge in [-0.1, -0.05) is 81.7 Å². The number of aliphatic hydroxyl groups excluding tert-OH is 2. The van der Waals surface area contributed by atoms with Crippen LogP contribution < -0.4 is 11.1 Å². The van der Waals surface area contributed by atoms with Crippen LogP contribution >= 0.6 is 0 Å². The topological polar surface area (TPSA) is 115 Å². The highest BCUT2D eigenvalue weighted by Gasteiger charge is 2.33. The Hall–Kier alpha value is -2.45. The Kier molecular flexibility index (Phi) is 12.5. The first-order chi connectivity index (χ1) is 20.0. The lowest BCUT2D eigenvalue weighted by atomic mass is 9.80. The number of rotatable bonds is 18. The van der Waals surface area contributed by atoms with Gasteiger partial charge in [-0.2, -0.15) is 0 Å². The number of amides is 1. The van der Waals surface area contributed by atoms with Gasteiger partial charge in [-0.05, 0) is 55.5 Å². The van der Waals surface area contributed by atoms with E-state index in [1.165, 1.54) is 72.5 Å². The van der Waals surface area contributed by atoms with Crippen LogP contribution in [0.4, 0.5) is 0 Å². The van der Waals surface area contributed by atoms with E-state index in [9.17, 15) is 9.90 Å². The predicted octanol–water partition coefficient (Wildman–Crippen LogP) is 5.07. The highest BCUT2D eigenvalue weighted by Crippen LogP contribution is 2.40. The van der Waals surface area contributed by atoms with Crippen LogP contribution in [0, 0.1) is 5.92 Å². The number of hydrogen-bond acceptors (Lipinski definition) is 5. The van der Waals surface area contributed by atoms with Crippen molar-refractivity contribution in [3.8, 4) is 0 Å². The van der Waals surface area contributed by atoms with E-state index in [1.807, 2.05) is 6.08 Å². The van der Waals surface area contributed by atoms with Crippen molar-refractivity contribution >= 4 is 22.4 Å². The number of hydrogen-bond donors (Lipinski definition) is 5. The summed E-state index contributed by atoms with van der Waals surface area (Å²) in [6.45, 7) is 1.49. The van der Waals surface area contributed by atoms with Gasteiger partial charge in [0.1, 0.15) is 0 Å². The zero-order chi connectivity index (χ0) is 29.0. The molecular formula is C34H52N4O3. The number of carbonyl (C=O) groups is 1. The second-order valence-corrected chi connectivity index (χ2v) is 12.2. The van der Waals surface area contributed by atoms with E-state index in [-0.39, 0.29) is 12.5 Å². The summed E-state index contributed by atoms with van der Waals surface area (Å²) in [5, 5.41) is 23.2. The van der Waals surface area contributed by atoms with Crippen LogP contribution in [-0.4, -0.2) is 70.9 Å². The van der Waals surface area contributed by atoms with Gasteiger partial charge in [-0.15, -0.1) is 0 Å². The third-order valence-corrected chi connectivity index (χ3v) is 8.91. The first-order valence-electron chi connectivity index (χ1n) is 16.0. The smallest absolute Gasteiger partial charge is 0.220 e. The average molecular weight is 565 g/mol. The van der Waals surface area contributed by atoms with Gasteiger partial charge in [0.25, 0.3) is 0 Å². The molecule has 0 spiro atoms. The molecule has 0 radical (unpaired) electrons. The molecule has 1 aromatic heterocycles. The summed E-state index contributed by atoms with van der Waals surface area (Å²) in [7, 11) is 2.22. The number of likely N-dealkylation sites (N-methyl/N-ethyl adjacent to an activating group) is 1. The normalized spacial score (nSPS) is 20.2. The number of nitrogens with zero attached hydrogens (tertiary/aromatic N) is 1. The molecule has 7 heteroatoms. The van der Waals surface area contributed by atoms with Gasteiger partial charge in [-0.25, -0.2) is 0 Å². The van der Waals surface area contributed by atoms with Gasteiger partial charge < -0.3 is 26.2 Å². The molecule has 1 aromatic carbocycles. The fourth-order valence-corrected chi connectivity index (χ4v) is 6.46. The van der Waals surface area contributed by atoms with Crippen molar-refractivity contribution in [2.75, 3.05) is 26.7 Å². The summed E-state index contributed by atoms with van der Waals surface area (Å²) in [4.78, 5) is 18.4. The van der Waals surface area contributed by atoms with Gasteiger partial charge in [0.15, 0.2) is 0 Å². The van der Waals surface area contributed by atoms with Gasteiger partial charge in [-0.3, -0.25) is 9.69 Å². The third-order valence-electron chi connectivity index (χ3n) is 8.91. The second kappa shape index (κ2) is 16.3. The van der Waals surface area contributed by atoms with Gasteiger partial charge in [0.05, 0.1) is 18.8 Å². The Bertz CT molecular complexity index is 1160. The summed E-state index contributed by atoms with van der Waals surface area (Å²) < 4.78 is 0. The molecule has 2 heterocycles. The Balaban J connectivity index is 1.02. The first-order valence-corrected chi connectivity index (χ1v) is 16.0. The van der Waals surface area contributed by atoms with Gasteiger partial charge >= 0.3 is 0 Å². The Morgan fingerprint density at radius 1 is 1.12 bits per heavy atom. The molecule has 4 atom stereocenters. The maximum atomic E-state index is 12.5. The third kappa shape index (κ3) is 9.02. The Morgan fingerprint density at radius 3 is 2.56 bits per heavy atom. The number of H-pyrrole nitrogens is 1. The van der Waals surface area contributed by atoms with Crippen molar-refractivity contribution in [1.29, 1.82) is 0 Å². The highest BCUT2D eigenvalue weighted by molar-refractivity contribution is 5.98. The molecule has 4 rings (SSSR count). The molecule has 2 unspecified atom stereocenters. The summed E-state index contributed by atoms with van der Waals surface area (Å²) in [5.74, 6) is 0.526. The van der Waals surface area contributed by atoms with Crippen LogP contribution in [-0.2, 0) is 11.2 Å². The molecular weight excluding hydrogens is 512 g/mol. The predicted molar refractivity (Wildman–Crippen MR) is 169 cm³/mol. The number of unbranched alkanes of at least 4 members (excludes halogenated alkanes) is 10. The summed E-state index contributed by atoms with van der Waals surface area (Å²) in [6.07, 6.45) is 22.1. The highest BCUT2D eigenvalue weighted by atomic mass is 16.3. The van der Waals surface area contributed by atoms with E-state index >= 15 is 0 Å². The first kappa shape index (κ1) is 31.5.